The van der Waals surface area contributed by atoms with Gasteiger partial charge in [0.2, 0.25) is 0 Å². The van der Waals surface area contributed by atoms with E-state index in [4.69, 9.17) is 4.98 Å². The normalized spacial score (nSPS) is 16.3. The first kappa shape index (κ1) is 18.7. The number of hydrogen-bond donors (Lipinski definition) is 2. The lowest BCUT2D eigenvalue weighted by Crippen LogP contribution is -2.31. The first-order chi connectivity index (χ1) is 14.6. The molecule has 3 aromatic heterocycles. The summed E-state index contributed by atoms with van der Waals surface area (Å²) in [6, 6.07) is 11.8. The van der Waals surface area contributed by atoms with Crippen molar-refractivity contribution in [3.05, 3.63) is 64.4 Å². The number of fused-ring (bicyclic) bond motifs is 1. The Bertz CT molecular complexity index is 1230. The number of anilines is 2. The van der Waals surface area contributed by atoms with Crippen LogP contribution in [0.15, 0.2) is 41.8 Å². The van der Waals surface area contributed by atoms with Crippen LogP contribution in [0.4, 0.5) is 10.9 Å². The van der Waals surface area contributed by atoms with Gasteiger partial charge in [-0.3, -0.25) is 9.89 Å². The number of H-pyrrole nitrogens is 1. The van der Waals surface area contributed by atoms with Gasteiger partial charge < -0.3 is 10.2 Å². The third-order valence-electron chi connectivity index (χ3n) is 5.40. The fraction of sp³-hybridized carbons (Fsp3) is 0.273. The molecule has 30 heavy (non-hydrogen) atoms. The molecule has 1 fully saturated rings. The van der Waals surface area contributed by atoms with Gasteiger partial charge in [-0.05, 0) is 51.0 Å². The number of aryl methyl sites for hydroxylation is 2. The van der Waals surface area contributed by atoms with Crippen molar-refractivity contribution >= 4 is 39.1 Å². The highest BCUT2D eigenvalue weighted by Crippen LogP contribution is 2.34. The smallest absolute Gasteiger partial charge is 0.275 e. The number of aromatic amines is 1. The summed E-state index contributed by atoms with van der Waals surface area (Å²) in [5, 5.41) is 14.3. The van der Waals surface area contributed by atoms with Crippen LogP contribution in [0.3, 0.4) is 0 Å². The maximum atomic E-state index is 13.4. The van der Waals surface area contributed by atoms with Crippen LogP contribution in [0.1, 0.15) is 46.3 Å². The van der Waals surface area contributed by atoms with Gasteiger partial charge in [-0.15, -0.1) is 11.3 Å². The molecule has 0 aliphatic carbocycles. The van der Waals surface area contributed by atoms with E-state index in [0.29, 0.717) is 12.2 Å². The third kappa shape index (κ3) is 3.43. The van der Waals surface area contributed by atoms with E-state index < -0.39 is 0 Å². The van der Waals surface area contributed by atoms with Crippen LogP contribution in [-0.4, -0.2) is 37.5 Å². The molecule has 1 atom stereocenters. The fourth-order valence-corrected chi connectivity index (χ4v) is 4.67. The molecule has 152 valence electrons. The zero-order valence-electron chi connectivity index (χ0n) is 16.8. The zero-order valence-corrected chi connectivity index (χ0v) is 17.7. The zero-order chi connectivity index (χ0) is 20.7. The van der Waals surface area contributed by atoms with E-state index in [0.717, 1.165) is 51.6 Å². The second-order valence-electron chi connectivity index (χ2n) is 7.64. The molecule has 0 spiro atoms. The number of likely N-dealkylation sites (tertiary alicyclic amines) is 1. The molecule has 8 heteroatoms. The van der Waals surface area contributed by atoms with E-state index in [1.807, 2.05) is 60.5 Å². The molecule has 0 bridgehead atoms. The Morgan fingerprint density at radius 2 is 2.13 bits per heavy atom. The van der Waals surface area contributed by atoms with Gasteiger partial charge in [0, 0.05) is 17.3 Å². The maximum absolute atomic E-state index is 13.4. The summed E-state index contributed by atoms with van der Waals surface area (Å²) in [6.45, 7) is 4.69. The highest BCUT2D eigenvalue weighted by molar-refractivity contribution is 7.13. The van der Waals surface area contributed by atoms with Crippen LogP contribution < -0.4 is 5.32 Å². The minimum Gasteiger partial charge on any atom is -0.329 e. The van der Waals surface area contributed by atoms with Crippen molar-refractivity contribution < 1.29 is 4.79 Å². The first-order valence-electron chi connectivity index (χ1n) is 10.0. The molecule has 0 saturated carbocycles. The number of rotatable bonds is 4. The van der Waals surface area contributed by atoms with Gasteiger partial charge in [0.05, 0.1) is 22.9 Å². The van der Waals surface area contributed by atoms with Crippen molar-refractivity contribution in [3.63, 3.8) is 0 Å². The number of pyridine rings is 1. The van der Waals surface area contributed by atoms with Gasteiger partial charge in [0.15, 0.2) is 10.8 Å². The van der Waals surface area contributed by atoms with E-state index in [-0.39, 0.29) is 11.9 Å². The molecule has 5 rings (SSSR count). The largest absolute Gasteiger partial charge is 0.329 e. The van der Waals surface area contributed by atoms with Gasteiger partial charge in [-0.1, -0.05) is 17.7 Å². The van der Waals surface area contributed by atoms with Crippen molar-refractivity contribution in [2.24, 2.45) is 0 Å². The Balaban J connectivity index is 1.42. The predicted molar refractivity (Wildman–Crippen MR) is 118 cm³/mol. The highest BCUT2D eigenvalue weighted by atomic mass is 32.1. The number of nitrogens with zero attached hydrogens (tertiary/aromatic N) is 4. The average Bonchev–Trinajstić information content (AvgIpc) is 3.47. The number of amides is 1. The molecule has 0 unspecified atom stereocenters. The standard InChI is InChI=1S/C22H22N6OS/c1-13-8-9-16-15(11-13)20(27-26-16)21(29)28-10-4-6-18(28)17-5-3-7-19(24-17)25-22-23-14(2)12-30-22/h3,5,7-9,11-12,18H,4,6,10H2,1-2H3,(H,26,27)(H,23,24,25)/t18-/m1/s1. The van der Waals surface area contributed by atoms with E-state index in [1.54, 1.807) is 11.3 Å². The third-order valence-corrected chi connectivity index (χ3v) is 6.28. The van der Waals surface area contributed by atoms with Crippen LogP contribution in [0, 0.1) is 13.8 Å². The molecule has 0 radical (unpaired) electrons. The lowest BCUT2D eigenvalue weighted by Gasteiger charge is -2.24. The lowest BCUT2D eigenvalue weighted by molar-refractivity contribution is 0.0729. The van der Waals surface area contributed by atoms with Gasteiger partial charge in [0.25, 0.3) is 5.91 Å². The Morgan fingerprint density at radius 3 is 2.97 bits per heavy atom. The van der Waals surface area contributed by atoms with Crippen LogP contribution in [0.25, 0.3) is 10.9 Å². The van der Waals surface area contributed by atoms with Crippen molar-refractivity contribution in [1.82, 2.24) is 25.1 Å². The number of hydrogen-bond acceptors (Lipinski definition) is 6. The Morgan fingerprint density at radius 1 is 1.23 bits per heavy atom. The molecular formula is C22H22N6OS. The summed E-state index contributed by atoms with van der Waals surface area (Å²) >= 11 is 1.55. The number of thiazole rings is 1. The second-order valence-corrected chi connectivity index (χ2v) is 8.50. The Labute approximate surface area is 178 Å². The van der Waals surface area contributed by atoms with Crippen LogP contribution in [0.5, 0.6) is 0 Å². The van der Waals surface area contributed by atoms with Gasteiger partial charge in [0.1, 0.15) is 5.82 Å². The van der Waals surface area contributed by atoms with Crippen molar-refractivity contribution in [2.45, 2.75) is 32.7 Å². The highest BCUT2D eigenvalue weighted by Gasteiger charge is 2.33. The first-order valence-corrected chi connectivity index (χ1v) is 10.9. The molecule has 1 aromatic carbocycles. The fourth-order valence-electron chi connectivity index (χ4n) is 3.97. The van der Waals surface area contributed by atoms with Gasteiger partial charge in [-0.2, -0.15) is 5.10 Å². The Hall–Kier alpha value is -3.26. The summed E-state index contributed by atoms with van der Waals surface area (Å²) in [7, 11) is 0. The van der Waals surface area contributed by atoms with Gasteiger partial charge in [-0.25, -0.2) is 9.97 Å². The molecule has 1 aliphatic heterocycles. The summed E-state index contributed by atoms with van der Waals surface area (Å²) < 4.78 is 0. The molecule has 1 aliphatic rings. The number of carbonyl (C=O) groups is 1. The Kier molecular flexibility index (Phi) is 4.71. The summed E-state index contributed by atoms with van der Waals surface area (Å²) in [6.07, 6.45) is 1.84. The number of benzene rings is 1. The second kappa shape index (κ2) is 7.53. The SMILES string of the molecule is Cc1ccc2[nH]nc(C(=O)N3CCC[C@@H]3c3cccc(Nc4nc(C)cs4)n3)c2c1. The maximum Gasteiger partial charge on any atom is 0.275 e. The molecule has 4 aromatic rings. The lowest BCUT2D eigenvalue weighted by atomic mass is 10.1. The molecule has 7 nitrogen and oxygen atoms in total. The monoisotopic (exact) mass is 418 g/mol. The van der Waals surface area contributed by atoms with Crippen LogP contribution >= 0.6 is 11.3 Å². The number of nitrogens with one attached hydrogen (secondary N) is 2. The van der Waals surface area contributed by atoms with E-state index in [9.17, 15) is 4.79 Å². The van der Waals surface area contributed by atoms with Crippen molar-refractivity contribution in [3.8, 4) is 0 Å². The number of aromatic nitrogens is 4. The molecule has 4 heterocycles. The summed E-state index contributed by atoms with van der Waals surface area (Å²) in [4.78, 5) is 24.5. The van der Waals surface area contributed by atoms with Crippen molar-refractivity contribution in [1.29, 1.82) is 0 Å². The summed E-state index contributed by atoms with van der Waals surface area (Å²) in [5.74, 6) is 0.687. The van der Waals surface area contributed by atoms with Crippen molar-refractivity contribution in [2.75, 3.05) is 11.9 Å². The number of carbonyl (C=O) groups excluding carboxylic acids is 1. The van der Waals surface area contributed by atoms with Gasteiger partial charge >= 0.3 is 0 Å². The molecular weight excluding hydrogens is 396 g/mol. The molecule has 2 N–H and O–H groups in total. The minimum atomic E-state index is -0.0613. The minimum absolute atomic E-state index is 0.0509. The predicted octanol–water partition coefficient (Wildman–Crippen LogP) is 4.75. The summed E-state index contributed by atoms with van der Waals surface area (Å²) in [5.41, 5.74) is 4.33. The van der Waals surface area contributed by atoms with E-state index in [1.165, 1.54) is 0 Å². The molecule has 1 amide bonds. The quantitative estimate of drug-likeness (QED) is 0.499. The van der Waals surface area contributed by atoms with E-state index in [2.05, 4.69) is 20.5 Å². The van der Waals surface area contributed by atoms with Crippen LogP contribution in [0.2, 0.25) is 0 Å². The molecule has 1 saturated heterocycles. The van der Waals surface area contributed by atoms with Crippen LogP contribution in [-0.2, 0) is 0 Å². The average molecular weight is 419 g/mol. The topological polar surface area (TPSA) is 86.8 Å². The van der Waals surface area contributed by atoms with E-state index >= 15 is 0 Å².